The molecule has 6 heteroatoms. The minimum atomic E-state index is -0.378. The molecule has 0 saturated heterocycles. The first-order chi connectivity index (χ1) is 10.3. The van der Waals surface area contributed by atoms with Gasteiger partial charge in [-0.1, -0.05) is 6.07 Å². The predicted molar refractivity (Wildman–Crippen MR) is 81.4 cm³/mol. The molecule has 0 fully saturated rings. The second kappa shape index (κ2) is 6.24. The van der Waals surface area contributed by atoms with Crippen molar-refractivity contribution < 1.29 is 4.39 Å². The fourth-order valence-corrected chi connectivity index (χ4v) is 2.25. The maximum absolute atomic E-state index is 14.0. The highest BCUT2D eigenvalue weighted by Crippen LogP contribution is 2.19. The van der Waals surface area contributed by atoms with Crippen LogP contribution in [0.1, 0.15) is 50.7 Å². The summed E-state index contributed by atoms with van der Waals surface area (Å²) in [6, 6.07) is 6.25. The first-order valence-corrected chi connectivity index (χ1v) is 7.15. The number of nitrogens with one attached hydrogen (secondary N) is 1. The van der Waals surface area contributed by atoms with Crippen molar-refractivity contribution >= 4 is 0 Å². The van der Waals surface area contributed by atoms with Crippen LogP contribution in [-0.2, 0) is 12.1 Å². The molecule has 0 saturated carbocycles. The molecule has 0 radical (unpaired) electrons. The van der Waals surface area contributed by atoms with Gasteiger partial charge >= 0.3 is 0 Å². The summed E-state index contributed by atoms with van der Waals surface area (Å²) < 4.78 is 15.8. The van der Waals surface area contributed by atoms with Gasteiger partial charge in [-0.05, 0) is 39.8 Å². The highest BCUT2D eigenvalue weighted by molar-refractivity contribution is 5.34. The Balaban J connectivity index is 2.10. The lowest BCUT2D eigenvalue weighted by atomic mass is 10.1. The molecule has 0 aliphatic rings. The molecule has 1 atom stereocenters. The summed E-state index contributed by atoms with van der Waals surface area (Å²) >= 11 is 0. The number of benzene rings is 1. The zero-order chi connectivity index (χ0) is 16.3. The van der Waals surface area contributed by atoms with Crippen molar-refractivity contribution in [2.75, 3.05) is 0 Å². The molecule has 1 aromatic heterocycles. The summed E-state index contributed by atoms with van der Waals surface area (Å²) in [6.07, 6.45) is 1.52. The van der Waals surface area contributed by atoms with Crippen LogP contribution in [0, 0.1) is 17.1 Å². The van der Waals surface area contributed by atoms with Crippen molar-refractivity contribution in [2.24, 2.45) is 0 Å². The Morgan fingerprint density at radius 2 is 2.14 bits per heavy atom. The second-order valence-corrected chi connectivity index (χ2v) is 6.21. The summed E-state index contributed by atoms with van der Waals surface area (Å²) in [4.78, 5) is 4.25. The second-order valence-electron chi connectivity index (χ2n) is 6.21. The molecule has 0 spiro atoms. The van der Waals surface area contributed by atoms with Gasteiger partial charge in [-0.25, -0.2) is 14.1 Å². The van der Waals surface area contributed by atoms with E-state index in [0.717, 1.165) is 5.82 Å². The third-order valence-corrected chi connectivity index (χ3v) is 3.42. The van der Waals surface area contributed by atoms with Crippen LogP contribution in [0.25, 0.3) is 0 Å². The van der Waals surface area contributed by atoms with E-state index in [4.69, 9.17) is 5.26 Å². The Morgan fingerprint density at radius 3 is 2.73 bits per heavy atom. The van der Waals surface area contributed by atoms with Gasteiger partial charge in [-0.3, -0.25) is 0 Å². The number of hydrogen-bond donors (Lipinski definition) is 1. The molecular formula is C16H20FN5. The van der Waals surface area contributed by atoms with Gasteiger partial charge < -0.3 is 5.32 Å². The third kappa shape index (κ3) is 3.49. The van der Waals surface area contributed by atoms with E-state index in [1.165, 1.54) is 12.4 Å². The highest BCUT2D eigenvalue weighted by Gasteiger charge is 2.19. The van der Waals surface area contributed by atoms with E-state index in [2.05, 4.69) is 36.2 Å². The van der Waals surface area contributed by atoms with Crippen LogP contribution in [0.3, 0.4) is 0 Å². The molecule has 1 heterocycles. The van der Waals surface area contributed by atoms with Gasteiger partial charge in [0.2, 0.25) is 0 Å². The van der Waals surface area contributed by atoms with Gasteiger partial charge in [0.1, 0.15) is 18.0 Å². The summed E-state index contributed by atoms with van der Waals surface area (Å²) in [5.74, 6) is 0.421. The lowest BCUT2D eigenvalue weighted by Crippen LogP contribution is -2.29. The zero-order valence-corrected chi connectivity index (χ0v) is 13.3. The van der Waals surface area contributed by atoms with Crippen LogP contribution >= 0.6 is 0 Å². The molecule has 0 bridgehead atoms. The van der Waals surface area contributed by atoms with E-state index in [0.29, 0.717) is 17.7 Å². The maximum Gasteiger partial charge on any atom is 0.141 e. The summed E-state index contributed by atoms with van der Waals surface area (Å²) in [5, 5.41) is 16.3. The van der Waals surface area contributed by atoms with E-state index in [1.807, 2.05) is 17.7 Å². The predicted octanol–water partition coefficient (Wildman–Crippen LogP) is 2.89. The van der Waals surface area contributed by atoms with E-state index in [9.17, 15) is 4.39 Å². The van der Waals surface area contributed by atoms with Gasteiger partial charge in [0, 0.05) is 11.6 Å². The van der Waals surface area contributed by atoms with Crippen molar-refractivity contribution in [3.8, 4) is 6.07 Å². The Bertz CT molecular complexity index is 693. The molecule has 0 amide bonds. The number of aromatic nitrogens is 3. The topological polar surface area (TPSA) is 66.5 Å². The standard InChI is InChI=1S/C16H20FN5/c1-11(13-6-5-12(8-18)7-14(13)17)19-9-15-20-10-21-22(15)16(2,3)4/h5-7,10-11,19H,9H2,1-4H3/t11-/m1/s1. The van der Waals surface area contributed by atoms with Gasteiger partial charge in [-0.15, -0.1) is 0 Å². The Kier molecular flexibility index (Phi) is 4.57. The molecule has 116 valence electrons. The van der Waals surface area contributed by atoms with Gasteiger partial charge in [0.15, 0.2) is 0 Å². The molecule has 22 heavy (non-hydrogen) atoms. The fraction of sp³-hybridized carbons (Fsp3) is 0.438. The smallest absolute Gasteiger partial charge is 0.141 e. The van der Waals surface area contributed by atoms with Crippen LogP contribution in [0.15, 0.2) is 24.5 Å². The number of halogens is 1. The first-order valence-electron chi connectivity index (χ1n) is 7.15. The normalized spacial score (nSPS) is 12.9. The van der Waals surface area contributed by atoms with Gasteiger partial charge in [0.05, 0.1) is 23.7 Å². The van der Waals surface area contributed by atoms with Crippen molar-refractivity contribution in [2.45, 2.75) is 45.8 Å². The third-order valence-electron chi connectivity index (χ3n) is 3.42. The largest absolute Gasteiger partial charge is 0.303 e. The van der Waals surface area contributed by atoms with Crippen LogP contribution in [-0.4, -0.2) is 14.8 Å². The Labute approximate surface area is 129 Å². The Hall–Kier alpha value is -2.26. The molecular weight excluding hydrogens is 281 g/mol. The summed E-state index contributed by atoms with van der Waals surface area (Å²) in [7, 11) is 0. The molecule has 5 nitrogen and oxygen atoms in total. The molecule has 2 aromatic rings. The number of nitriles is 1. The number of rotatable bonds is 4. The SMILES string of the molecule is C[C@@H](NCc1ncnn1C(C)(C)C)c1ccc(C#N)cc1F. The first kappa shape index (κ1) is 16.1. The van der Waals surface area contributed by atoms with Crippen LogP contribution < -0.4 is 5.32 Å². The average Bonchev–Trinajstić information content (AvgIpc) is 2.93. The monoisotopic (exact) mass is 301 g/mol. The average molecular weight is 301 g/mol. The summed E-state index contributed by atoms with van der Waals surface area (Å²) in [6.45, 7) is 8.51. The lowest BCUT2D eigenvalue weighted by molar-refractivity contribution is 0.335. The van der Waals surface area contributed by atoms with Gasteiger partial charge in [-0.2, -0.15) is 10.4 Å². The van der Waals surface area contributed by atoms with Crippen LogP contribution in [0.4, 0.5) is 4.39 Å². The highest BCUT2D eigenvalue weighted by atomic mass is 19.1. The zero-order valence-electron chi connectivity index (χ0n) is 13.3. The molecule has 0 aliphatic carbocycles. The maximum atomic E-state index is 14.0. The molecule has 0 unspecified atom stereocenters. The molecule has 1 aromatic carbocycles. The molecule has 1 N–H and O–H groups in total. The minimum Gasteiger partial charge on any atom is -0.303 e. The van der Waals surface area contributed by atoms with Crippen LogP contribution in [0.5, 0.6) is 0 Å². The van der Waals surface area contributed by atoms with Crippen molar-refractivity contribution in [1.82, 2.24) is 20.1 Å². The Morgan fingerprint density at radius 1 is 1.41 bits per heavy atom. The number of nitrogens with zero attached hydrogens (tertiary/aromatic N) is 4. The quantitative estimate of drug-likeness (QED) is 0.943. The number of hydrogen-bond acceptors (Lipinski definition) is 4. The van der Waals surface area contributed by atoms with E-state index < -0.39 is 0 Å². The van der Waals surface area contributed by atoms with Crippen molar-refractivity contribution in [3.63, 3.8) is 0 Å². The molecule has 0 aliphatic heterocycles. The minimum absolute atomic E-state index is 0.156. The van der Waals surface area contributed by atoms with Crippen molar-refractivity contribution in [1.29, 1.82) is 5.26 Å². The fourth-order valence-electron chi connectivity index (χ4n) is 2.25. The molecule has 2 rings (SSSR count). The summed E-state index contributed by atoms with van der Waals surface area (Å²) in [5.41, 5.74) is 0.693. The van der Waals surface area contributed by atoms with Gasteiger partial charge in [0.25, 0.3) is 0 Å². The van der Waals surface area contributed by atoms with E-state index in [-0.39, 0.29) is 17.4 Å². The lowest BCUT2D eigenvalue weighted by Gasteiger charge is -2.22. The van der Waals surface area contributed by atoms with Crippen LogP contribution in [0.2, 0.25) is 0 Å². The van der Waals surface area contributed by atoms with E-state index in [1.54, 1.807) is 12.1 Å². The van der Waals surface area contributed by atoms with E-state index >= 15 is 0 Å². The van der Waals surface area contributed by atoms with Crippen molar-refractivity contribution in [3.05, 3.63) is 47.3 Å².